The maximum atomic E-state index is 12.9. The molecule has 25 nitrogen and oxygen atoms in total. The molecule has 296 valence electrons. The number of carbonyl (C=O) groups excluding carboxylic acids is 1. The molecule has 28 heteroatoms. The summed E-state index contributed by atoms with van der Waals surface area (Å²) in [5.41, 5.74) is -1.84. The average Bonchev–Trinajstić information content (AvgIpc) is 3.30. The number of H-pyrrole nitrogens is 1. The number of aromatic amines is 1. The van der Waals surface area contributed by atoms with Crippen LogP contribution in [0.25, 0.3) is 0 Å². The number of aliphatic hydroxyl groups excluding tert-OH is 3. The van der Waals surface area contributed by atoms with Crippen molar-refractivity contribution in [1.82, 2.24) is 19.9 Å². The normalized spacial score (nSPS) is 30.2. The van der Waals surface area contributed by atoms with E-state index in [1.165, 1.54) is 13.8 Å². The summed E-state index contributed by atoms with van der Waals surface area (Å²) in [6.45, 7) is 1.94. The van der Waals surface area contributed by atoms with Crippen LogP contribution in [-0.4, -0.2) is 122 Å². The Labute approximate surface area is 297 Å². The monoisotopic (exact) mass is 819 g/mol. The van der Waals surface area contributed by atoms with Gasteiger partial charge in [0, 0.05) is 42.7 Å². The highest BCUT2D eigenvalue weighted by molar-refractivity contribution is 7.61. The molecule has 2 aliphatic heterocycles. The van der Waals surface area contributed by atoms with Crippen LogP contribution in [0.3, 0.4) is 0 Å². The van der Waals surface area contributed by atoms with E-state index in [0.717, 1.165) is 31.6 Å². The van der Waals surface area contributed by atoms with Gasteiger partial charge in [-0.1, -0.05) is 0 Å². The Bertz CT molecular complexity index is 1950. The second kappa shape index (κ2) is 16.8. The van der Waals surface area contributed by atoms with Gasteiger partial charge < -0.3 is 54.8 Å². The highest BCUT2D eigenvalue weighted by atomic mass is 31.3. The number of nitrogens with one attached hydrogen (secondary N) is 2. The number of phosphoric acid groups is 3. The molecule has 0 aromatic carbocycles. The number of hydrogen-bond donors (Lipinski definition) is 10. The molecule has 2 aromatic rings. The minimum absolute atomic E-state index is 0.0260. The van der Waals surface area contributed by atoms with Crippen molar-refractivity contribution in [3.05, 3.63) is 56.1 Å². The van der Waals surface area contributed by atoms with E-state index in [1.807, 2.05) is 4.98 Å². The average molecular weight is 820 g/mol. The molecule has 0 aliphatic carbocycles. The van der Waals surface area contributed by atoms with Crippen molar-refractivity contribution in [3.8, 4) is 5.75 Å². The standard InChI is InChI=1S/C25H36N5O20P3/c1-10-19(33)14(13(6-26-10)8-45-51(38,39)40)7-27-17-11(2)47-24(18(21(17)35)28-12(3)31)49-53(43,44)50-52(41,42)46-9-15-20(34)22(36)23(48-15)30-5-4-16(32)29-25(30)37/h4-7,11,15,17-18,20-24,33-36H,8-9H2,1-3H3,(H,28,31)(H,41,42)(H,43,44)(H,29,32,37)(H2,38,39,40)/t11-,15-,17-,18-,20-,21+,22-,23-,24-/m1/s1. The summed E-state index contributed by atoms with van der Waals surface area (Å²) in [6.07, 6.45) is -8.83. The fourth-order valence-electron chi connectivity index (χ4n) is 5.14. The van der Waals surface area contributed by atoms with Crippen molar-refractivity contribution in [2.24, 2.45) is 4.99 Å². The number of carbonyl (C=O) groups is 1. The molecule has 2 saturated heterocycles. The lowest BCUT2D eigenvalue weighted by Crippen LogP contribution is -2.62. The van der Waals surface area contributed by atoms with E-state index in [2.05, 4.69) is 28.7 Å². The Morgan fingerprint density at radius 3 is 2.38 bits per heavy atom. The Kier molecular flexibility index (Phi) is 13.5. The Hall–Kier alpha value is -3.06. The number of aliphatic imine (C=N–C) groups is 1. The van der Waals surface area contributed by atoms with Crippen molar-refractivity contribution < 1.29 is 85.8 Å². The molecule has 4 heterocycles. The molecular weight excluding hydrogens is 783 g/mol. The van der Waals surface area contributed by atoms with Gasteiger partial charge in [-0.3, -0.25) is 42.7 Å². The molecule has 4 rings (SSSR count). The van der Waals surface area contributed by atoms with E-state index in [4.69, 9.17) is 23.8 Å². The van der Waals surface area contributed by atoms with E-state index in [0.29, 0.717) is 4.57 Å². The first-order chi connectivity index (χ1) is 24.5. The van der Waals surface area contributed by atoms with E-state index in [9.17, 15) is 58.3 Å². The molecule has 0 saturated carbocycles. The molecule has 53 heavy (non-hydrogen) atoms. The third-order valence-electron chi connectivity index (χ3n) is 7.64. The summed E-state index contributed by atoms with van der Waals surface area (Å²) in [6, 6.07) is -2.12. The molecule has 2 aliphatic rings. The lowest BCUT2D eigenvalue weighted by atomic mass is 9.95. The molecule has 2 unspecified atom stereocenters. The van der Waals surface area contributed by atoms with E-state index >= 15 is 0 Å². The lowest BCUT2D eigenvalue weighted by molar-refractivity contribution is -0.202. The van der Waals surface area contributed by atoms with Crippen LogP contribution < -0.4 is 16.6 Å². The quantitative estimate of drug-likeness (QED) is 0.0697. The number of rotatable bonds is 14. The molecule has 0 bridgehead atoms. The number of aromatic hydroxyl groups is 1. The maximum absolute atomic E-state index is 12.9. The second-order valence-corrected chi connectivity index (χ2v) is 15.8. The summed E-state index contributed by atoms with van der Waals surface area (Å²) >= 11 is 0. The first-order valence-corrected chi connectivity index (χ1v) is 19.5. The molecule has 2 aromatic heterocycles. The highest BCUT2D eigenvalue weighted by Crippen LogP contribution is 2.61. The number of pyridine rings is 1. The summed E-state index contributed by atoms with van der Waals surface area (Å²) in [4.78, 5) is 84.1. The number of phosphoric ester groups is 3. The molecule has 1 amide bonds. The van der Waals surface area contributed by atoms with Gasteiger partial charge in [0.05, 0.1) is 25.0 Å². The number of nitrogens with zero attached hydrogens (tertiary/aromatic N) is 3. The predicted molar refractivity (Wildman–Crippen MR) is 172 cm³/mol. The molecular formula is C25H36N5O20P3. The van der Waals surface area contributed by atoms with Crippen LogP contribution in [0.5, 0.6) is 5.75 Å². The zero-order chi connectivity index (χ0) is 39.6. The molecule has 2 fully saturated rings. The molecule has 0 spiro atoms. The summed E-state index contributed by atoms with van der Waals surface area (Å²) in [5.74, 6) is -1.27. The van der Waals surface area contributed by atoms with Crippen LogP contribution in [0.4, 0.5) is 0 Å². The number of ether oxygens (including phenoxy) is 2. The van der Waals surface area contributed by atoms with Gasteiger partial charge in [-0.2, -0.15) is 4.31 Å². The largest absolute Gasteiger partial charge is 0.505 e. The number of aromatic nitrogens is 3. The lowest BCUT2D eigenvalue weighted by Gasteiger charge is -2.42. The maximum Gasteiger partial charge on any atom is 0.483 e. The molecule has 10 N–H and O–H groups in total. The van der Waals surface area contributed by atoms with Gasteiger partial charge in [0.25, 0.3) is 5.56 Å². The SMILES string of the molecule is CC(=O)N[C@H]1[C@@H](OP(=O)(O)OP(=O)(O)OC[C@H]2O[C@@H](n3ccc(=O)[nH]c3=O)[C@H](O)[C@@H]2O)O[C@H](C)[C@@H](N=Cc2c(COP(=O)(O)O)cnc(C)c2O)[C@@H]1O. The zero-order valence-electron chi connectivity index (χ0n) is 27.6. The minimum atomic E-state index is -5.71. The Morgan fingerprint density at radius 1 is 1.08 bits per heavy atom. The van der Waals surface area contributed by atoms with Crippen LogP contribution in [-0.2, 0) is 52.5 Å². The summed E-state index contributed by atoms with van der Waals surface area (Å²) in [5, 5.41) is 44.6. The van der Waals surface area contributed by atoms with Crippen LogP contribution in [0, 0.1) is 6.92 Å². The van der Waals surface area contributed by atoms with Gasteiger partial charge in [0.15, 0.2) is 12.5 Å². The number of hydrogen-bond acceptors (Lipinski definition) is 18. The fourth-order valence-corrected chi connectivity index (χ4v) is 7.61. The molecule has 11 atom stereocenters. The van der Waals surface area contributed by atoms with Gasteiger partial charge >= 0.3 is 29.2 Å². The predicted octanol–water partition coefficient (Wildman–Crippen LogP) is -2.48. The van der Waals surface area contributed by atoms with Crippen LogP contribution >= 0.6 is 23.5 Å². The van der Waals surface area contributed by atoms with E-state index in [1.54, 1.807) is 0 Å². The van der Waals surface area contributed by atoms with Crippen molar-refractivity contribution in [3.63, 3.8) is 0 Å². The zero-order valence-corrected chi connectivity index (χ0v) is 30.3. The van der Waals surface area contributed by atoms with Gasteiger partial charge in [0.2, 0.25) is 5.91 Å². The van der Waals surface area contributed by atoms with Gasteiger partial charge in [0.1, 0.15) is 42.2 Å². The van der Waals surface area contributed by atoms with Gasteiger partial charge in [-0.05, 0) is 13.8 Å². The van der Waals surface area contributed by atoms with Crippen LogP contribution in [0.1, 0.15) is 36.9 Å². The molecule has 0 radical (unpaired) electrons. The number of aliphatic hydroxyl groups is 3. The third-order valence-corrected chi connectivity index (χ3v) is 10.7. The number of aryl methyl sites for hydroxylation is 1. The summed E-state index contributed by atoms with van der Waals surface area (Å²) < 4.78 is 66.7. The van der Waals surface area contributed by atoms with Crippen LogP contribution in [0.2, 0.25) is 0 Å². The first kappa shape index (κ1) is 42.7. The van der Waals surface area contributed by atoms with E-state index < -0.39 is 115 Å². The minimum Gasteiger partial charge on any atom is -0.505 e. The van der Waals surface area contributed by atoms with Gasteiger partial charge in [-0.25, -0.2) is 18.5 Å². The Balaban J connectivity index is 1.45. The van der Waals surface area contributed by atoms with Crippen LogP contribution in [0.15, 0.2) is 33.0 Å². The topological polar surface area (TPSA) is 378 Å². The Morgan fingerprint density at radius 2 is 1.75 bits per heavy atom. The highest BCUT2D eigenvalue weighted by Gasteiger charge is 2.50. The third kappa shape index (κ3) is 11.0. The smallest absolute Gasteiger partial charge is 0.483 e. The van der Waals surface area contributed by atoms with E-state index in [-0.39, 0.29) is 16.8 Å². The summed E-state index contributed by atoms with van der Waals surface area (Å²) in [7, 11) is -16.2. The van der Waals surface area contributed by atoms with Crippen molar-refractivity contribution in [2.45, 2.75) is 82.5 Å². The number of amides is 1. The first-order valence-electron chi connectivity index (χ1n) is 15.0. The van der Waals surface area contributed by atoms with Crippen molar-refractivity contribution in [1.29, 1.82) is 0 Å². The second-order valence-electron chi connectivity index (χ2n) is 11.6. The van der Waals surface area contributed by atoms with Crippen molar-refractivity contribution >= 4 is 35.6 Å². The van der Waals surface area contributed by atoms with Gasteiger partial charge in [-0.15, -0.1) is 0 Å². The fraction of sp³-hybridized carbons (Fsp3) is 0.560. The van der Waals surface area contributed by atoms with Crippen molar-refractivity contribution in [2.75, 3.05) is 6.61 Å².